The van der Waals surface area contributed by atoms with E-state index in [0.29, 0.717) is 30.3 Å². The normalized spacial score (nSPS) is 16.2. The Hall–Kier alpha value is -4.06. The van der Waals surface area contributed by atoms with E-state index in [1.807, 2.05) is 19.1 Å². The van der Waals surface area contributed by atoms with Crippen LogP contribution in [-0.4, -0.2) is 76.4 Å². The second-order valence-corrected chi connectivity index (χ2v) is 10.5. The number of piperidine rings is 1. The molecule has 4 aromatic heterocycles. The van der Waals surface area contributed by atoms with Crippen molar-refractivity contribution in [3.63, 3.8) is 0 Å². The van der Waals surface area contributed by atoms with Gasteiger partial charge in [0.15, 0.2) is 22.3 Å². The number of aryl methyl sites for hydroxylation is 1. The minimum atomic E-state index is -0.361. The number of fused-ring (bicyclic) bond motifs is 1. The third-order valence-electron chi connectivity index (χ3n) is 6.87. The molecule has 196 valence electrons. The fourth-order valence-corrected chi connectivity index (χ4v) is 5.81. The Morgan fingerprint density at radius 2 is 1.84 bits per heavy atom. The number of nitrogens with one attached hydrogen (secondary N) is 1. The molecule has 38 heavy (non-hydrogen) atoms. The molecule has 11 nitrogen and oxygen atoms in total. The number of aromatic nitrogens is 4. The van der Waals surface area contributed by atoms with Crippen LogP contribution >= 0.6 is 11.3 Å². The van der Waals surface area contributed by atoms with Crippen LogP contribution in [0.3, 0.4) is 0 Å². The third kappa shape index (κ3) is 4.91. The van der Waals surface area contributed by atoms with Crippen molar-refractivity contribution in [1.82, 2.24) is 24.8 Å². The molecule has 0 radical (unpaired) electrons. The van der Waals surface area contributed by atoms with Gasteiger partial charge in [-0.15, -0.1) is 0 Å². The van der Waals surface area contributed by atoms with Gasteiger partial charge in [-0.2, -0.15) is 4.98 Å². The zero-order valence-electron chi connectivity index (χ0n) is 21.1. The lowest BCUT2D eigenvalue weighted by Crippen LogP contribution is -2.45. The second kappa shape index (κ2) is 10.4. The van der Waals surface area contributed by atoms with Crippen molar-refractivity contribution in [3.8, 4) is 11.5 Å². The molecule has 1 N–H and O–H groups in total. The molecule has 6 heterocycles. The highest BCUT2D eigenvalue weighted by molar-refractivity contribution is 7.22. The summed E-state index contributed by atoms with van der Waals surface area (Å²) in [5.74, 6) is 0.730. The Balaban J connectivity index is 1.29. The number of hydrogen-bond acceptors (Lipinski definition) is 10. The SMILES string of the molecule is Cc1cc(-c2nc(C(=O)Nc3cc4sc(N5CCN(C=O)CC5)nc4nc3N3CCCCC3)co2)ccn1. The first-order valence-corrected chi connectivity index (χ1v) is 13.6. The molecule has 12 heteroatoms. The summed E-state index contributed by atoms with van der Waals surface area (Å²) < 4.78 is 6.49. The van der Waals surface area contributed by atoms with Crippen molar-refractivity contribution >= 4 is 50.6 Å². The van der Waals surface area contributed by atoms with Gasteiger partial charge in [0.2, 0.25) is 12.3 Å². The van der Waals surface area contributed by atoms with E-state index in [1.54, 1.807) is 28.5 Å². The van der Waals surface area contributed by atoms with Crippen LogP contribution in [0.5, 0.6) is 0 Å². The molecule has 0 aromatic carbocycles. The first-order valence-electron chi connectivity index (χ1n) is 12.8. The van der Waals surface area contributed by atoms with Crippen LogP contribution in [0.25, 0.3) is 21.8 Å². The zero-order chi connectivity index (χ0) is 26.1. The van der Waals surface area contributed by atoms with Crippen LogP contribution in [0.15, 0.2) is 35.1 Å². The van der Waals surface area contributed by atoms with E-state index in [4.69, 9.17) is 14.4 Å². The quantitative estimate of drug-likeness (QED) is 0.372. The van der Waals surface area contributed by atoms with Gasteiger partial charge in [0.1, 0.15) is 6.26 Å². The second-order valence-electron chi connectivity index (χ2n) is 9.53. The summed E-state index contributed by atoms with van der Waals surface area (Å²) >= 11 is 1.54. The van der Waals surface area contributed by atoms with Gasteiger partial charge in [-0.05, 0) is 44.4 Å². The van der Waals surface area contributed by atoms with Crippen LogP contribution in [-0.2, 0) is 4.79 Å². The number of thiazole rings is 1. The first kappa shape index (κ1) is 24.3. The lowest BCUT2D eigenvalue weighted by Gasteiger charge is -2.32. The number of pyridine rings is 2. The van der Waals surface area contributed by atoms with Crippen molar-refractivity contribution in [2.24, 2.45) is 0 Å². The van der Waals surface area contributed by atoms with E-state index >= 15 is 0 Å². The molecule has 0 aliphatic carbocycles. The molecule has 2 saturated heterocycles. The van der Waals surface area contributed by atoms with Gasteiger partial charge >= 0.3 is 0 Å². The average Bonchev–Trinajstić information content (AvgIpc) is 3.61. The number of amides is 2. The van der Waals surface area contributed by atoms with E-state index in [-0.39, 0.29) is 11.6 Å². The number of carbonyl (C=O) groups excluding carboxylic acids is 2. The van der Waals surface area contributed by atoms with Gasteiger partial charge in [0, 0.05) is 56.7 Å². The Kier molecular flexibility index (Phi) is 6.62. The Bertz CT molecular complexity index is 1470. The lowest BCUT2D eigenvalue weighted by atomic mass is 10.1. The van der Waals surface area contributed by atoms with Crippen molar-refractivity contribution < 1.29 is 14.0 Å². The number of anilines is 3. The number of oxazole rings is 1. The van der Waals surface area contributed by atoms with Crippen molar-refractivity contribution in [1.29, 1.82) is 0 Å². The fourth-order valence-electron chi connectivity index (χ4n) is 4.81. The summed E-state index contributed by atoms with van der Waals surface area (Å²) in [6.45, 7) is 6.45. The van der Waals surface area contributed by atoms with Crippen LogP contribution in [0.1, 0.15) is 35.4 Å². The Labute approximate surface area is 223 Å². The molecule has 0 saturated carbocycles. The smallest absolute Gasteiger partial charge is 0.277 e. The summed E-state index contributed by atoms with van der Waals surface area (Å²) in [5, 5.41) is 3.91. The number of carbonyl (C=O) groups is 2. The van der Waals surface area contributed by atoms with Crippen LogP contribution in [0.4, 0.5) is 16.6 Å². The fraction of sp³-hybridized carbons (Fsp3) is 0.385. The van der Waals surface area contributed by atoms with Crippen molar-refractivity contribution in [2.45, 2.75) is 26.2 Å². The maximum Gasteiger partial charge on any atom is 0.277 e. The minimum Gasteiger partial charge on any atom is -0.444 e. The van der Waals surface area contributed by atoms with Gasteiger partial charge < -0.3 is 24.4 Å². The molecular weight excluding hydrogens is 504 g/mol. The van der Waals surface area contributed by atoms with Crippen molar-refractivity contribution in [2.75, 3.05) is 54.4 Å². The van der Waals surface area contributed by atoms with Crippen molar-refractivity contribution in [3.05, 3.63) is 42.0 Å². The van der Waals surface area contributed by atoms with E-state index in [9.17, 15) is 9.59 Å². The van der Waals surface area contributed by atoms with E-state index in [1.165, 1.54) is 12.7 Å². The van der Waals surface area contributed by atoms with E-state index in [2.05, 4.69) is 25.1 Å². The van der Waals surface area contributed by atoms with Gasteiger partial charge in [0.05, 0.1) is 10.4 Å². The highest BCUT2D eigenvalue weighted by Gasteiger charge is 2.24. The summed E-state index contributed by atoms with van der Waals surface area (Å²) in [6.07, 6.45) is 7.29. The molecular formula is C26H28N8O3S. The monoisotopic (exact) mass is 532 g/mol. The predicted molar refractivity (Wildman–Crippen MR) is 146 cm³/mol. The van der Waals surface area contributed by atoms with E-state index in [0.717, 1.165) is 72.3 Å². The van der Waals surface area contributed by atoms with Crippen LogP contribution in [0, 0.1) is 6.92 Å². The zero-order valence-corrected chi connectivity index (χ0v) is 21.9. The largest absolute Gasteiger partial charge is 0.444 e. The maximum atomic E-state index is 13.3. The maximum absolute atomic E-state index is 13.3. The Morgan fingerprint density at radius 3 is 2.61 bits per heavy atom. The summed E-state index contributed by atoms with van der Waals surface area (Å²) in [7, 11) is 0. The average molecular weight is 533 g/mol. The van der Waals surface area contributed by atoms with Gasteiger partial charge in [0.25, 0.3) is 5.91 Å². The van der Waals surface area contributed by atoms with Crippen LogP contribution < -0.4 is 15.1 Å². The standard InChI is InChI=1S/C26H28N8O3S/c1-17-13-18(5-6-27-17)25-29-20(15-37-25)24(36)28-19-14-21-22(30-23(19)33-7-3-2-4-8-33)31-26(38-21)34-11-9-32(16-35)10-12-34/h5-6,13-16H,2-4,7-12H2,1H3,(H,28,36). The number of hydrogen-bond donors (Lipinski definition) is 1. The molecule has 4 aromatic rings. The first-order chi connectivity index (χ1) is 18.6. The highest BCUT2D eigenvalue weighted by Crippen LogP contribution is 2.36. The molecule has 2 aliphatic rings. The summed E-state index contributed by atoms with van der Waals surface area (Å²) in [4.78, 5) is 48.9. The molecule has 0 spiro atoms. The molecule has 2 aliphatic heterocycles. The molecule has 0 atom stereocenters. The topological polar surface area (TPSA) is 121 Å². The Morgan fingerprint density at radius 1 is 1.03 bits per heavy atom. The van der Waals surface area contributed by atoms with Gasteiger partial charge in [-0.1, -0.05) is 11.3 Å². The molecule has 0 unspecified atom stereocenters. The predicted octanol–water partition coefficient (Wildman–Crippen LogP) is 3.57. The number of nitrogens with zero attached hydrogens (tertiary/aromatic N) is 7. The highest BCUT2D eigenvalue weighted by atomic mass is 32.1. The van der Waals surface area contributed by atoms with Gasteiger partial charge in [-0.25, -0.2) is 9.97 Å². The molecule has 2 fully saturated rings. The third-order valence-corrected chi connectivity index (χ3v) is 7.92. The molecule has 2 amide bonds. The lowest BCUT2D eigenvalue weighted by molar-refractivity contribution is -0.118. The molecule has 0 bridgehead atoms. The number of rotatable bonds is 6. The minimum absolute atomic E-state index is 0.192. The summed E-state index contributed by atoms with van der Waals surface area (Å²) in [5.41, 5.74) is 3.09. The van der Waals surface area contributed by atoms with E-state index < -0.39 is 0 Å². The summed E-state index contributed by atoms with van der Waals surface area (Å²) in [6, 6.07) is 5.62. The molecule has 6 rings (SSSR count). The van der Waals surface area contributed by atoms with Crippen LogP contribution in [0.2, 0.25) is 0 Å². The number of piperazine rings is 1. The van der Waals surface area contributed by atoms with Gasteiger partial charge in [-0.3, -0.25) is 14.6 Å².